The van der Waals surface area contributed by atoms with Crippen LogP contribution in [-0.2, 0) is 0 Å². The summed E-state index contributed by atoms with van der Waals surface area (Å²) in [7, 11) is 0. The summed E-state index contributed by atoms with van der Waals surface area (Å²) in [5, 5.41) is 9.70. The zero-order valence-electron chi connectivity index (χ0n) is 9.51. The SMILES string of the molecule is O=C(O)c1ccccc1C=Cc1ccccc1Cl. The summed E-state index contributed by atoms with van der Waals surface area (Å²) in [6, 6.07) is 14.3. The van der Waals surface area contributed by atoms with Gasteiger partial charge >= 0.3 is 5.97 Å². The number of carbonyl (C=O) groups is 1. The molecule has 2 nitrogen and oxygen atoms in total. The molecule has 0 bridgehead atoms. The lowest BCUT2D eigenvalue weighted by molar-refractivity contribution is 0.0696. The van der Waals surface area contributed by atoms with E-state index in [2.05, 4.69) is 0 Å². The van der Waals surface area contributed by atoms with Crippen molar-refractivity contribution in [1.82, 2.24) is 0 Å². The molecule has 0 radical (unpaired) electrons. The first kappa shape index (κ1) is 12.4. The summed E-state index contributed by atoms with van der Waals surface area (Å²) in [4.78, 5) is 11.0. The minimum Gasteiger partial charge on any atom is -0.478 e. The maximum absolute atomic E-state index is 11.0. The average molecular weight is 259 g/mol. The van der Waals surface area contributed by atoms with E-state index < -0.39 is 5.97 Å². The van der Waals surface area contributed by atoms with Crippen LogP contribution in [0.4, 0.5) is 0 Å². The van der Waals surface area contributed by atoms with Gasteiger partial charge in [-0.25, -0.2) is 4.79 Å². The molecule has 90 valence electrons. The van der Waals surface area contributed by atoms with E-state index >= 15 is 0 Å². The van der Waals surface area contributed by atoms with E-state index in [0.717, 1.165) is 5.56 Å². The van der Waals surface area contributed by atoms with E-state index in [4.69, 9.17) is 16.7 Å². The van der Waals surface area contributed by atoms with Crippen molar-refractivity contribution in [3.05, 3.63) is 70.2 Å². The van der Waals surface area contributed by atoms with Crippen molar-refractivity contribution in [2.24, 2.45) is 0 Å². The van der Waals surface area contributed by atoms with Gasteiger partial charge in [-0.3, -0.25) is 0 Å². The van der Waals surface area contributed by atoms with E-state index in [-0.39, 0.29) is 5.56 Å². The highest BCUT2D eigenvalue weighted by Crippen LogP contribution is 2.19. The van der Waals surface area contributed by atoms with Crippen molar-refractivity contribution in [2.45, 2.75) is 0 Å². The fourth-order valence-electron chi connectivity index (χ4n) is 1.63. The molecule has 3 heteroatoms. The number of benzene rings is 2. The molecule has 18 heavy (non-hydrogen) atoms. The number of hydrogen-bond acceptors (Lipinski definition) is 1. The molecule has 0 saturated carbocycles. The zero-order chi connectivity index (χ0) is 13.0. The molecule has 0 aliphatic carbocycles. The third kappa shape index (κ3) is 2.79. The van der Waals surface area contributed by atoms with Crippen molar-refractivity contribution in [1.29, 1.82) is 0 Å². The van der Waals surface area contributed by atoms with Gasteiger partial charge in [-0.15, -0.1) is 0 Å². The maximum Gasteiger partial charge on any atom is 0.336 e. The van der Waals surface area contributed by atoms with E-state index in [1.54, 1.807) is 36.4 Å². The largest absolute Gasteiger partial charge is 0.478 e. The Labute approximate surface area is 110 Å². The van der Waals surface area contributed by atoms with Crippen molar-refractivity contribution in [2.75, 3.05) is 0 Å². The van der Waals surface area contributed by atoms with Gasteiger partial charge < -0.3 is 5.11 Å². The molecule has 0 aliphatic rings. The summed E-state index contributed by atoms with van der Waals surface area (Å²) >= 11 is 6.03. The van der Waals surface area contributed by atoms with Crippen LogP contribution in [0.5, 0.6) is 0 Å². The summed E-state index contributed by atoms with van der Waals surface area (Å²) in [6.45, 7) is 0. The van der Waals surface area contributed by atoms with Crippen LogP contribution in [-0.4, -0.2) is 11.1 Å². The second-order valence-corrected chi connectivity index (χ2v) is 4.15. The zero-order valence-corrected chi connectivity index (χ0v) is 10.3. The summed E-state index contributed by atoms with van der Waals surface area (Å²) in [5.41, 5.74) is 1.80. The Bertz CT molecular complexity index is 603. The average Bonchev–Trinajstić information content (AvgIpc) is 2.38. The van der Waals surface area contributed by atoms with Crippen LogP contribution in [0.3, 0.4) is 0 Å². The highest BCUT2D eigenvalue weighted by atomic mass is 35.5. The Morgan fingerprint density at radius 1 is 0.944 bits per heavy atom. The van der Waals surface area contributed by atoms with Crippen LogP contribution in [0.1, 0.15) is 21.5 Å². The first-order valence-electron chi connectivity index (χ1n) is 5.43. The number of rotatable bonds is 3. The fraction of sp³-hybridized carbons (Fsp3) is 0. The van der Waals surface area contributed by atoms with E-state index in [1.807, 2.05) is 24.3 Å². The number of halogens is 1. The summed E-state index contributed by atoms with van der Waals surface area (Å²) < 4.78 is 0. The third-order valence-corrected chi connectivity index (χ3v) is 2.88. The molecule has 0 atom stereocenters. The van der Waals surface area contributed by atoms with Gasteiger partial charge in [0.15, 0.2) is 0 Å². The van der Waals surface area contributed by atoms with Gasteiger partial charge in [0.2, 0.25) is 0 Å². The predicted molar refractivity (Wildman–Crippen MR) is 73.8 cm³/mol. The predicted octanol–water partition coefficient (Wildman–Crippen LogP) is 4.21. The molecule has 0 amide bonds. The monoisotopic (exact) mass is 258 g/mol. The molecule has 0 aliphatic heterocycles. The molecule has 0 unspecified atom stereocenters. The van der Waals surface area contributed by atoms with Crippen molar-refractivity contribution >= 4 is 29.7 Å². The van der Waals surface area contributed by atoms with Crippen LogP contribution in [0.25, 0.3) is 12.2 Å². The van der Waals surface area contributed by atoms with Gasteiger partial charge in [-0.1, -0.05) is 60.2 Å². The van der Waals surface area contributed by atoms with Crippen molar-refractivity contribution in [3.63, 3.8) is 0 Å². The number of aromatic carboxylic acids is 1. The summed E-state index contributed by atoms with van der Waals surface area (Å²) in [6.07, 6.45) is 3.56. The standard InChI is InChI=1S/C15H11ClO2/c16-14-8-4-2-6-12(14)10-9-11-5-1-3-7-13(11)15(17)18/h1-10H,(H,17,18). The van der Waals surface area contributed by atoms with Crippen molar-refractivity contribution in [3.8, 4) is 0 Å². The van der Waals surface area contributed by atoms with E-state index in [1.165, 1.54) is 0 Å². The first-order chi connectivity index (χ1) is 8.68. The molecule has 0 aromatic heterocycles. The van der Waals surface area contributed by atoms with Gasteiger partial charge in [0.25, 0.3) is 0 Å². The first-order valence-corrected chi connectivity index (χ1v) is 5.81. The quantitative estimate of drug-likeness (QED) is 0.838. The molecule has 0 saturated heterocycles. The fourth-order valence-corrected chi connectivity index (χ4v) is 1.83. The lowest BCUT2D eigenvalue weighted by Crippen LogP contribution is -1.98. The topological polar surface area (TPSA) is 37.3 Å². The van der Waals surface area contributed by atoms with Crippen LogP contribution < -0.4 is 0 Å². The van der Waals surface area contributed by atoms with Crippen LogP contribution in [0, 0.1) is 0 Å². The Morgan fingerprint density at radius 2 is 1.50 bits per heavy atom. The molecule has 0 fully saturated rings. The Kier molecular flexibility index (Phi) is 3.80. The molecular formula is C15H11ClO2. The lowest BCUT2D eigenvalue weighted by Gasteiger charge is -2.01. The number of carboxylic acids is 1. The molecule has 2 aromatic rings. The van der Waals surface area contributed by atoms with Crippen LogP contribution in [0.15, 0.2) is 48.5 Å². The van der Waals surface area contributed by atoms with Gasteiger partial charge in [0.1, 0.15) is 0 Å². The Hall–Kier alpha value is -2.06. The molecule has 0 heterocycles. The molecule has 2 aromatic carbocycles. The van der Waals surface area contributed by atoms with Gasteiger partial charge in [-0.05, 0) is 23.3 Å². The highest BCUT2D eigenvalue weighted by Gasteiger charge is 2.05. The van der Waals surface area contributed by atoms with E-state index in [9.17, 15) is 4.79 Å². The van der Waals surface area contributed by atoms with Crippen molar-refractivity contribution < 1.29 is 9.90 Å². The van der Waals surface area contributed by atoms with Crippen LogP contribution in [0.2, 0.25) is 5.02 Å². The lowest BCUT2D eigenvalue weighted by atomic mass is 10.1. The second kappa shape index (κ2) is 5.52. The van der Waals surface area contributed by atoms with Gasteiger partial charge in [0.05, 0.1) is 5.56 Å². The highest BCUT2D eigenvalue weighted by molar-refractivity contribution is 6.32. The maximum atomic E-state index is 11.0. The number of hydrogen-bond donors (Lipinski definition) is 1. The molecule has 1 N–H and O–H groups in total. The van der Waals surface area contributed by atoms with Crippen LogP contribution >= 0.6 is 11.6 Å². The van der Waals surface area contributed by atoms with Gasteiger partial charge in [-0.2, -0.15) is 0 Å². The second-order valence-electron chi connectivity index (χ2n) is 3.75. The Morgan fingerprint density at radius 3 is 2.17 bits per heavy atom. The summed E-state index contributed by atoms with van der Waals surface area (Å²) in [5.74, 6) is -0.936. The molecular weight excluding hydrogens is 248 g/mol. The third-order valence-electron chi connectivity index (χ3n) is 2.54. The van der Waals surface area contributed by atoms with E-state index in [0.29, 0.717) is 10.6 Å². The molecule has 0 spiro atoms. The Balaban J connectivity index is 2.35. The smallest absolute Gasteiger partial charge is 0.336 e. The van der Waals surface area contributed by atoms with Gasteiger partial charge in [0, 0.05) is 5.02 Å². The normalized spacial score (nSPS) is 10.7. The number of carboxylic acid groups (broad SMARTS) is 1. The minimum atomic E-state index is -0.936. The molecule has 2 rings (SSSR count). The minimum absolute atomic E-state index is 0.279.